The van der Waals surface area contributed by atoms with Gasteiger partial charge in [-0.1, -0.05) is 0 Å². The number of nitrogens with zero attached hydrogens (tertiary/aromatic N) is 1. The number of nitrogens with two attached hydrogens (primary N) is 1. The summed E-state index contributed by atoms with van der Waals surface area (Å²) < 4.78 is 5.01. The second-order valence-corrected chi connectivity index (χ2v) is 5.40. The fourth-order valence-electron chi connectivity index (χ4n) is 2.43. The molecule has 1 fully saturated rings. The first kappa shape index (κ1) is 12.3. The van der Waals surface area contributed by atoms with Crippen LogP contribution in [-0.4, -0.2) is 33.5 Å². The summed E-state index contributed by atoms with van der Waals surface area (Å²) in [7, 11) is 0. The van der Waals surface area contributed by atoms with Crippen LogP contribution in [0.15, 0.2) is 0 Å². The van der Waals surface area contributed by atoms with Crippen molar-refractivity contribution in [1.82, 2.24) is 5.06 Å². The first-order valence-corrected chi connectivity index (χ1v) is 5.10. The van der Waals surface area contributed by atoms with Crippen molar-refractivity contribution in [2.24, 2.45) is 5.73 Å². The molecule has 0 bridgehead atoms. The van der Waals surface area contributed by atoms with E-state index < -0.39 is 17.2 Å². The number of hydroxylamine groups is 2. The zero-order chi connectivity index (χ0) is 11.9. The number of carbonyl (C=O) groups is 1. The molecule has 0 unspecified atom stereocenters. The zero-order valence-corrected chi connectivity index (χ0v) is 9.78. The summed E-state index contributed by atoms with van der Waals surface area (Å²) >= 11 is 0. The van der Waals surface area contributed by atoms with Gasteiger partial charge in [-0.25, -0.2) is 4.79 Å². The Morgan fingerprint density at radius 1 is 1.33 bits per heavy atom. The third kappa shape index (κ3) is 2.60. The number of carbonyl (C=O) groups excluding carboxylic acids is 1. The molecular formula is C10H20N2O3. The molecule has 5 heteroatoms. The summed E-state index contributed by atoms with van der Waals surface area (Å²) in [4.78, 5) is 10.7. The molecule has 0 radical (unpaired) electrons. The van der Waals surface area contributed by atoms with Crippen molar-refractivity contribution in [3.8, 4) is 0 Å². The highest BCUT2D eigenvalue weighted by Gasteiger charge is 2.46. The minimum atomic E-state index is -0.752. The van der Waals surface area contributed by atoms with Crippen molar-refractivity contribution in [2.75, 3.05) is 0 Å². The summed E-state index contributed by atoms with van der Waals surface area (Å²) in [6.45, 7) is 7.63. The van der Waals surface area contributed by atoms with E-state index in [4.69, 9.17) is 10.5 Å². The monoisotopic (exact) mass is 216 g/mol. The van der Waals surface area contributed by atoms with Crippen molar-refractivity contribution in [1.29, 1.82) is 0 Å². The molecular weight excluding hydrogens is 196 g/mol. The quantitative estimate of drug-likeness (QED) is 0.696. The molecule has 1 aliphatic heterocycles. The summed E-state index contributed by atoms with van der Waals surface area (Å²) in [6.07, 6.45) is 0.181. The van der Waals surface area contributed by atoms with Crippen LogP contribution in [0.25, 0.3) is 0 Å². The van der Waals surface area contributed by atoms with Crippen molar-refractivity contribution in [3.05, 3.63) is 0 Å². The molecule has 0 saturated carbocycles. The second kappa shape index (κ2) is 3.64. The molecule has 5 nitrogen and oxygen atoms in total. The fourth-order valence-corrected chi connectivity index (χ4v) is 2.43. The molecule has 0 aromatic carbocycles. The van der Waals surface area contributed by atoms with Crippen molar-refractivity contribution >= 4 is 6.09 Å². The molecule has 88 valence electrons. The minimum absolute atomic E-state index is 0.226. The van der Waals surface area contributed by atoms with Gasteiger partial charge in [-0.15, -0.1) is 0 Å². The lowest BCUT2D eigenvalue weighted by Gasteiger charge is -2.50. The summed E-state index contributed by atoms with van der Waals surface area (Å²) in [5.41, 5.74) is 4.17. The van der Waals surface area contributed by atoms with Gasteiger partial charge in [0.2, 0.25) is 0 Å². The predicted molar refractivity (Wildman–Crippen MR) is 55.5 cm³/mol. The molecule has 0 atom stereocenters. The molecule has 0 aliphatic carbocycles. The molecule has 0 aromatic heterocycles. The number of piperidine rings is 1. The van der Waals surface area contributed by atoms with E-state index in [1.165, 1.54) is 5.06 Å². The van der Waals surface area contributed by atoms with E-state index in [0.717, 1.165) is 0 Å². The Hall–Kier alpha value is -0.810. The first-order valence-electron chi connectivity index (χ1n) is 5.10. The number of primary amides is 1. The third-order valence-electron chi connectivity index (χ3n) is 2.88. The zero-order valence-electron chi connectivity index (χ0n) is 9.78. The van der Waals surface area contributed by atoms with Crippen LogP contribution in [0.1, 0.15) is 40.5 Å². The van der Waals surface area contributed by atoms with Crippen LogP contribution < -0.4 is 5.73 Å². The first-order chi connectivity index (χ1) is 6.65. The maximum Gasteiger partial charge on any atom is 0.404 e. The standard InChI is InChI=1S/C10H20N2O3/c1-9(2)5-7(15-8(11)13)6-10(3,4)12(9)14/h7,14H,5-6H2,1-4H3,(H2,11,13). The molecule has 1 saturated heterocycles. The van der Waals surface area contributed by atoms with Crippen LogP contribution in [0.3, 0.4) is 0 Å². The van der Waals surface area contributed by atoms with Crippen molar-refractivity contribution in [3.63, 3.8) is 0 Å². The molecule has 0 aromatic rings. The van der Waals surface area contributed by atoms with Gasteiger partial charge in [0, 0.05) is 23.9 Å². The van der Waals surface area contributed by atoms with E-state index in [-0.39, 0.29) is 6.10 Å². The molecule has 1 amide bonds. The number of ether oxygens (including phenoxy) is 1. The van der Waals surface area contributed by atoms with Gasteiger partial charge in [0.15, 0.2) is 0 Å². The van der Waals surface area contributed by atoms with E-state index >= 15 is 0 Å². The molecule has 1 aliphatic rings. The Balaban J connectivity index is 2.79. The van der Waals surface area contributed by atoms with Crippen LogP contribution in [0.2, 0.25) is 0 Å². The molecule has 1 rings (SSSR count). The van der Waals surface area contributed by atoms with E-state index in [1.54, 1.807) is 0 Å². The highest BCUT2D eigenvalue weighted by atomic mass is 16.6. The Morgan fingerprint density at radius 3 is 2.07 bits per heavy atom. The lowest BCUT2D eigenvalue weighted by Crippen LogP contribution is -2.60. The van der Waals surface area contributed by atoms with E-state index in [1.807, 2.05) is 27.7 Å². The lowest BCUT2D eigenvalue weighted by atomic mass is 9.80. The lowest BCUT2D eigenvalue weighted by molar-refractivity contribution is -0.256. The molecule has 15 heavy (non-hydrogen) atoms. The van der Waals surface area contributed by atoms with Crippen molar-refractivity contribution in [2.45, 2.75) is 57.7 Å². The van der Waals surface area contributed by atoms with Gasteiger partial charge in [0.1, 0.15) is 6.10 Å². The molecule has 3 N–H and O–H groups in total. The van der Waals surface area contributed by atoms with Gasteiger partial charge in [0.25, 0.3) is 0 Å². The highest BCUT2D eigenvalue weighted by Crippen LogP contribution is 2.37. The van der Waals surface area contributed by atoms with Crippen LogP contribution >= 0.6 is 0 Å². The fraction of sp³-hybridized carbons (Fsp3) is 0.900. The topological polar surface area (TPSA) is 75.8 Å². The van der Waals surface area contributed by atoms with Gasteiger partial charge in [-0.05, 0) is 27.7 Å². The minimum Gasteiger partial charge on any atom is -0.446 e. The van der Waals surface area contributed by atoms with E-state index in [2.05, 4.69) is 0 Å². The smallest absolute Gasteiger partial charge is 0.404 e. The Labute approximate surface area is 90.1 Å². The van der Waals surface area contributed by atoms with Crippen LogP contribution in [0, 0.1) is 0 Å². The Morgan fingerprint density at radius 2 is 1.73 bits per heavy atom. The number of rotatable bonds is 1. The van der Waals surface area contributed by atoms with Gasteiger partial charge in [-0.3, -0.25) is 0 Å². The number of hydrogen-bond donors (Lipinski definition) is 2. The van der Waals surface area contributed by atoms with Gasteiger partial charge < -0.3 is 15.7 Å². The predicted octanol–water partition coefficient (Wildman–Crippen LogP) is 1.49. The number of amides is 1. The molecule has 1 heterocycles. The molecule has 0 spiro atoms. The maximum absolute atomic E-state index is 10.7. The highest BCUT2D eigenvalue weighted by molar-refractivity contribution is 5.64. The largest absolute Gasteiger partial charge is 0.446 e. The van der Waals surface area contributed by atoms with Gasteiger partial charge in [0.05, 0.1) is 0 Å². The van der Waals surface area contributed by atoms with Crippen molar-refractivity contribution < 1.29 is 14.7 Å². The number of hydrogen-bond acceptors (Lipinski definition) is 4. The van der Waals surface area contributed by atoms with Crippen LogP contribution in [0.4, 0.5) is 4.79 Å². The Bertz CT molecular complexity index is 245. The average Bonchev–Trinajstić information content (AvgIpc) is 1.97. The van der Waals surface area contributed by atoms with E-state index in [9.17, 15) is 10.0 Å². The second-order valence-electron chi connectivity index (χ2n) is 5.40. The average molecular weight is 216 g/mol. The Kier molecular flexibility index (Phi) is 2.98. The summed E-state index contributed by atoms with van der Waals surface area (Å²) in [5.74, 6) is 0. The van der Waals surface area contributed by atoms with Crippen LogP contribution in [-0.2, 0) is 4.74 Å². The van der Waals surface area contributed by atoms with Crippen LogP contribution in [0.5, 0.6) is 0 Å². The maximum atomic E-state index is 10.7. The van der Waals surface area contributed by atoms with E-state index in [0.29, 0.717) is 12.8 Å². The normalized spacial score (nSPS) is 26.2. The summed E-state index contributed by atoms with van der Waals surface area (Å²) in [6, 6.07) is 0. The van der Waals surface area contributed by atoms with Gasteiger partial charge in [-0.2, -0.15) is 5.06 Å². The van der Waals surface area contributed by atoms with Gasteiger partial charge >= 0.3 is 6.09 Å². The third-order valence-corrected chi connectivity index (χ3v) is 2.88. The summed E-state index contributed by atoms with van der Waals surface area (Å²) in [5, 5.41) is 11.3. The SMILES string of the molecule is CC1(C)CC(OC(N)=O)CC(C)(C)N1O.